The van der Waals surface area contributed by atoms with Crippen LogP contribution in [0.25, 0.3) is 6.08 Å². The van der Waals surface area contributed by atoms with Crippen LogP contribution in [0.5, 0.6) is 11.5 Å². The van der Waals surface area contributed by atoms with E-state index < -0.39 is 0 Å². The van der Waals surface area contributed by atoms with Crippen molar-refractivity contribution in [3.05, 3.63) is 50.6 Å². The zero-order valence-corrected chi connectivity index (χ0v) is 16.0. The Hall–Kier alpha value is -1.79. The number of benzene rings is 1. The molecule has 2 aromatic rings. The van der Waals surface area contributed by atoms with Crippen molar-refractivity contribution in [2.75, 3.05) is 19.8 Å². The Labute approximate surface area is 159 Å². The number of amides is 1. The lowest BCUT2D eigenvalue weighted by Crippen LogP contribution is -2.29. The number of halogens is 1. The first kappa shape index (κ1) is 16.7. The molecule has 130 valence electrons. The lowest BCUT2D eigenvalue weighted by molar-refractivity contribution is -0.126. The van der Waals surface area contributed by atoms with Crippen LogP contribution in [-0.2, 0) is 4.79 Å². The van der Waals surface area contributed by atoms with Crippen molar-refractivity contribution in [3.8, 4) is 11.5 Å². The van der Waals surface area contributed by atoms with E-state index in [1.165, 1.54) is 0 Å². The van der Waals surface area contributed by atoms with E-state index in [2.05, 4.69) is 15.9 Å². The van der Waals surface area contributed by atoms with Gasteiger partial charge in [0, 0.05) is 17.5 Å². The minimum atomic E-state index is 0.0573. The summed E-state index contributed by atoms with van der Waals surface area (Å²) in [5.41, 5.74) is 1.11. The summed E-state index contributed by atoms with van der Waals surface area (Å²) in [6, 6.07) is 10.1. The van der Waals surface area contributed by atoms with Crippen molar-refractivity contribution in [3.63, 3.8) is 0 Å². The van der Waals surface area contributed by atoms with Crippen molar-refractivity contribution in [2.24, 2.45) is 0 Å². The summed E-state index contributed by atoms with van der Waals surface area (Å²) in [7, 11) is 0. The van der Waals surface area contributed by atoms with Gasteiger partial charge in [-0.25, -0.2) is 0 Å². The van der Waals surface area contributed by atoms with Crippen LogP contribution in [0.15, 0.2) is 40.2 Å². The molecule has 1 saturated heterocycles. The van der Waals surface area contributed by atoms with E-state index in [1.807, 2.05) is 41.3 Å². The van der Waals surface area contributed by atoms with Gasteiger partial charge in [-0.05, 0) is 64.7 Å². The van der Waals surface area contributed by atoms with Crippen LogP contribution >= 0.6 is 27.3 Å². The fourth-order valence-corrected chi connectivity index (χ4v) is 4.64. The van der Waals surface area contributed by atoms with Gasteiger partial charge in [-0.1, -0.05) is 6.07 Å². The number of nitrogens with zero attached hydrogens (tertiary/aromatic N) is 1. The number of hydrogen-bond donors (Lipinski definition) is 0. The van der Waals surface area contributed by atoms with E-state index in [1.54, 1.807) is 17.4 Å². The molecule has 0 saturated carbocycles. The third kappa shape index (κ3) is 3.60. The van der Waals surface area contributed by atoms with Crippen LogP contribution in [0.4, 0.5) is 0 Å². The largest absolute Gasteiger partial charge is 0.486 e. The second-order valence-electron chi connectivity index (χ2n) is 6.07. The minimum Gasteiger partial charge on any atom is -0.486 e. The number of fused-ring (bicyclic) bond motifs is 1. The number of thiophene rings is 1. The fourth-order valence-electron chi connectivity index (χ4n) is 3.31. The van der Waals surface area contributed by atoms with Crippen molar-refractivity contribution in [1.82, 2.24) is 4.90 Å². The number of hydrogen-bond acceptors (Lipinski definition) is 4. The number of rotatable bonds is 3. The Balaban J connectivity index is 1.52. The SMILES string of the molecule is O=C(/C=C/c1ccc(Br)s1)N1CCC[C@@H]1c1ccc2c(c1)OCCO2. The molecule has 0 radical (unpaired) electrons. The topological polar surface area (TPSA) is 38.8 Å². The molecular weight excluding hydrogens is 402 g/mol. The molecule has 1 atom stereocenters. The number of likely N-dealkylation sites (tertiary alicyclic amines) is 1. The van der Waals surface area contributed by atoms with Crippen LogP contribution in [0.2, 0.25) is 0 Å². The quantitative estimate of drug-likeness (QED) is 0.679. The van der Waals surface area contributed by atoms with E-state index >= 15 is 0 Å². The highest BCUT2D eigenvalue weighted by atomic mass is 79.9. The zero-order chi connectivity index (χ0) is 17.2. The molecule has 1 aromatic carbocycles. The first-order valence-electron chi connectivity index (χ1n) is 8.34. The van der Waals surface area contributed by atoms with Crippen LogP contribution in [-0.4, -0.2) is 30.6 Å². The second kappa shape index (κ2) is 7.22. The highest BCUT2D eigenvalue weighted by Crippen LogP contribution is 2.38. The molecule has 0 N–H and O–H groups in total. The average Bonchev–Trinajstić information content (AvgIpc) is 3.28. The fraction of sp³-hybridized carbons (Fsp3) is 0.316. The molecule has 2 aliphatic heterocycles. The summed E-state index contributed by atoms with van der Waals surface area (Å²) >= 11 is 5.06. The van der Waals surface area contributed by atoms with E-state index in [0.717, 1.165) is 45.1 Å². The van der Waals surface area contributed by atoms with Gasteiger partial charge in [0.2, 0.25) is 5.91 Å². The summed E-state index contributed by atoms with van der Waals surface area (Å²) < 4.78 is 12.3. The molecule has 25 heavy (non-hydrogen) atoms. The Morgan fingerprint density at radius 2 is 2.04 bits per heavy atom. The Bertz CT molecular complexity index is 817. The Kier molecular flexibility index (Phi) is 4.81. The van der Waals surface area contributed by atoms with Crippen LogP contribution < -0.4 is 9.47 Å². The summed E-state index contributed by atoms with van der Waals surface area (Å²) in [5, 5.41) is 0. The molecule has 0 bridgehead atoms. The summed E-state index contributed by atoms with van der Waals surface area (Å²) in [6.07, 6.45) is 5.55. The molecule has 0 aliphatic carbocycles. The predicted octanol–water partition coefficient (Wildman–Crippen LogP) is 4.66. The van der Waals surface area contributed by atoms with Crippen molar-refractivity contribution >= 4 is 39.2 Å². The molecule has 6 heteroatoms. The van der Waals surface area contributed by atoms with Crippen LogP contribution in [0.1, 0.15) is 29.3 Å². The average molecular weight is 420 g/mol. The summed E-state index contributed by atoms with van der Waals surface area (Å²) in [6.45, 7) is 1.95. The van der Waals surface area contributed by atoms with Gasteiger partial charge in [0.25, 0.3) is 0 Å². The maximum absolute atomic E-state index is 12.7. The lowest BCUT2D eigenvalue weighted by Gasteiger charge is -2.26. The van der Waals surface area contributed by atoms with Gasteiger partial charge in [-0.2, -0.15) is 0 Å². The van der Waals surface area contributed by atoms with Crippen LogP contribution in [0.3, 0.4) is 0 Å². The maximum atomic E-state index is 12.7. The van der Waals surface area contributed by atoms with E-state index in [4.69, 9.17) is 9.47 Å². The first-order valence-corrected chi connectivity index (χ1v) is 9.95. The molecule has 1 fully saturated rings. The normalized spacial score (nSPS) is 19.6. The summed E-state index contributed by atoms with van der Waals surface area (Å²) in [4.78, 5) is 15.7. The molecule has 0 unspecified atom stereocenters. The number of ether oxygens (including phenoxy) is 2. The molecule has 4 nitrogen and oxygen atoms in total. The van der Waals surface area contributed by atoms with Gasteiger partial charge in [0.05, 0.1) is 9.83 Å². The van der Waals surface area contributed by atoms with Crippen molar-refractivity contribution in [1.29, 1.82) is 0 Å². The maximum Gasteiger partial charge on any atom is 0.247 e. The smallest absolute Gasteiger partial charge is 0.247 e. The minimum absolute atomic E-state index is 0.0573. The van der Waals surface area contributed by atoms with Crippen molar-refractivity contribution in [2.45, 2.75) is 18.9 Å². The Morgan fingerprint density at radius 1 is 1.20 bits per heavy atom. The highest BCUT2D eigenvalue weighted by Gasteiger charge is 2.29. The van der Waals surface area contributed by atoms with Gasteiger partial charge in [0.1, 0.15) is 13.2 Å². The van der Waals surface area contributed by atoms with Gasteiger partial charge in [-0.15, -0.1) is 11.3 Å². The van der Waals surface area contributed by atoms with Gasteiger partial charge >= 0.3 is 0 Å². The highest BCUT2D eigenvalue weighted by molar-refractivity contribution is 9.11. The molecule has 3 heterocycles. The van der Waals surface area contributed by atoms with E-state index in [0.29, 0.717) is 13.2 Å². The van der Waals surface area contributed by atoms with Crippen molar-refractivity contribution < 1.29 is 14.3 Å². The monoisotopic (exact) mass is 419 g/mol. The standard InChI is InChI=1S/C19H18BrNO3S/c20-18-7-4-14(25-18)5-8-19(22)21-9-1-2-15(21)13-3-6-16-17(12-13)24-11-10-23-16/h3-8,12,15H,1-2,9-11H2/b8-5+/t15-/m1/s1. The third-order valence-corrected chi connectivity index (χ3v) is 6.06. The molecule has 1 amide bonds. The predicted molar refractivity (Wildman–Crippen MR) is 102 cm³/mol. The first-order chi connectivity index (χ1) is 12.2. The van der Waals surface area contributed by atoms with Gasteiger partial charge in [0.15, 0.2) is 11.5 Å². The van der Waals surface area contributed by atoms with Crippen LogP contribution in [0, 0.1) is 0 Å². The second-order valence-corrected chi connectivity index (χ2v) is 8.56. The van der Waals surface area contributed by atoms with E-state index in [-0.39, 0.29) is 11.9 Å². The Morgan fingerprint density at radius 3 is 2.84 bits per heavy atom. The van der Waals surface area contributed by atoms with E-state index in [9.17, 15) is 4.79 Å². The number of carbonyl (C=O) groups excluding carboxylic acids is 1. The molecule has 2 aliphatic rings. The van der Waals surface area contributed by atoms with Gasteiger partial charge < -0.3 is 14.4 Å². The number of carbonyl (C=O) groups is 1. The third-order valence-electron chi connectivity index (χ3n) is 4.47. The lowest BCUT2D eigenvalue weighted by atomic mass is 10.0. The van der Waals surface area contributed by atoms with Gasteiger partial charge in [-0.3, -0.25) is 4.79 Å². The molecule has 0 spiro atoms. The molecular formula is C19H18BrNO3S. The molecule has 4 rings (SSSR count). The zero-order valence-electron chi connectivity index (χ0n) is 13.6. The molecule has 1 aromatic heterocycles. The summed E-state index contributed by atoms with van der Waals surface area (Å²) in [5.74, 6) is 1.62.